The third kappa shape index (κ3) is 3.07. The fraction of sp³-hybridized carbons (Fsp3) is 0.100. The maximum absolute atomic E-state index is 12.6. The highest BCUT2D eigenvalue weighted by atomic mass is 16.1. The van der Waals surface area contributed by atoms with Gasteiger partial charge in [0.25, 0.3) is 5.91 Å². The van der Waals surface area contributed by atoms with Crippen LogP contribution in [0.4, 0.5) is 5.69 Å². The second kappa shape index (κ2) is 5.94. The lowest BCUT2D eigenvalue weighted by atomic mass is 10.1. The van der Waals surface area contributed by atoms with Gasteiger partial charge in [-0.1, -0.05) is 23.6 Å². The first-order chi connectivity index (χ1) is 11.1. The van der Waals surface area contributed by atoms with E-state index in [2.05, 4.69) is 16.2 Å². The number of anilines is 1. The van der Waals surface area contributed by atoms with E-state index in [-0.39, 0.29) is 5.91 Å². The topological polar surface area (TPSA) is 42.0 Å². The van der Waals surface area contributed by atoms with Crippen molar-refractivity contribution in [1.29, 1.82) is 0 Å². The van der Waals surface area contributed by atoms with Crippen molar-refractivity contribution >= 4 is 22.5 Å². The largest absolute Gasteiger partial charge is 0.322 e. The first kappa shape index (κ1) is 14.8. The summed E-state index contributed by atoms with van der Waals surface area (Å²) in [6.07, 6.45) is 5.39. The fourth-order valence-electron chi connectivity index (χ4n) is 2.51. The van der Waals surface area contributed by atoms with Crippen molar-refractivity contribution in [3.8, 4) is 12.3 Å². The molecule has 3 heteroatoms. The van der Waals surface area contributed by atoms with Gasteiger partial charge in [0, 0.05) is 16.6 Å². The van der Waals surface area contributed by atoms with Crippen LogP contribution in [0.5, 0.6) is 0 Å². The molecule has 0 aliphatic heterocycles. The Morgan fingerprint density at radius 2 is 1.96 bits per heavy atom. The van der Waals surface area contributed by atoms with Crippen LogP contribution in [-0.4, -0.2) is 10.9 Å². The molecule has 3 nitrogen and oxygen atoms in total. The number of hydrogen-bond donors (Lipinski definition) is 1. The Bertz CT molecular complexity index is 952. The van der Waals surface area contributed by atoms with Crippen LogP contribution < -0.4 is 5.32 Å². The number of aromatic nitrogens is 1. The van der Waals surface area contributed by atoms with Gasteiger partial charge in [-0.15, -0.1) is 6.42 Å². The molecule has 1 heterocycles. The average molecular weight is 300 g/mol. The van der Waals surface area contributed by atoms with E-state index >= 15 is 0 Å². The highest BCUT2D eigenvalue weighted by Gasteiger charge is 2.12. The highest BCUT2D eigenvalue weighted by molar-refractivity contribution is 6.06. The van der Waals surface area contributed by atoms with Crippen molar-refractivity contribution in [2.75, 3.05) is 5.32 Å². The van der Waals surface area contributed by atoms with Gasteiger partial charge in [0.05, 0.1) is 16.8 Å². The van der Waals surface area contributed by atoms with Gasteiger partial charge in [-0.05, 0) is 50.2 Å². The molecule has 0 unspecified atom stereocenters. The molecule has 0 atom stereocenters. The van der Waals surface area contributed by atoms with Gasteiger partial charge in [0.15, 0.2) is 0 Å². The highest BCUT2D eigenvalue weighted by Crippen LogP contribution is 2.19. The molecule has 0 saturated heterocycles. The van der Waals surface area contributed by atoms with Gasteiger partial charge in [-0.2, -0.15) is 0 Å². The van der Waals surface area contributed by atoms with E-state index in [1.165, 1.54) is 0 Å². The van der Waals surface area contributed by atoms with Crippen molar-refractivity contribution in [1.82, 2.24) is 4.98 Å². The number of carbonyl (C=O) groups is 1. The molecule has 2 aromatic carbocycles. The molecule has 0 saturated carbocycles. The van der Waals surface area contributed by atoms with Gasteiger partial charge in [-0.25, -0.2) is 0 Å². The fourth-order valence-corrected chi connectivity index (χ4v) is 2.51. The maximum Gasteiger partial charge on any atom is 0.257 e. The predicted molar refractivity (Wildman–Crippen MR) is 93.5 cm³/mol. The summed E-state index contributed by atoms with van der Waals surface area (Å²) in [5, 5.41) is 3.84. The molecule has 3 aromatic rings. The van der Waals surface area contributed by atoms with Crippen LogP contribution in [0.3, 0.4) is 0 Å². The van der Waals surface area contributed by atoms with E-state index < -0.39 is 0 Å². The van der Waals surface area contributed by atoms with Crippen LogP contribution in [0.15, 0.2) is 48.5 Å². The number of terminal acetylenes is 1. The normalized spacial score (nSPS) is 10.3. The summed E-state index contributed by atoms with van der Waals surface area (Å²) in [5.41, 5.74) is 4.69. The molecule has 0 aliphatic carbocycles. The molecule has 112 valence electrons. The average Bonchev–Trinajstić information content (AvgIpc) is 2.54. The second-order valence-electron chi connectivity index (χ2n) is 5.50. The number of fused-ring (bicyclic) bond motifs is 1. The van der Waals surface area contributed by atoms with Crippen LogP contribution in [0, 0.1) is 26.2 Å². The lowest BCUT2D eigenvalue weighted by molar-refractivity contribution is 0.102. The Labute approximate surface area is 135 Å². The van der Waals surface area contributed by atoms with Gasteiger partial charge in [-0.3, -0.25) is 9.78 Å². The van der Waals surface area contributed by atoms with Gasteiger partial charge < -0.3 is 5.32 Å². The van der Waals surface area contributed by atoms with E-state index in [1.807, 2.05) is 56.3 Å². The smallest absolute Gasteiger partial charge is 0.257 e. The molecular weight excluding hydrogens is 284 g/mol. The molecular formula is C20H16N2O. The summed E-state index contributed by atoms with van der Waals surface area (Å²) in [6.45, 7) is 3.86. The predicted octanol–water partition coefficient (Wildman–Crippen LogP) is 4.09. The van der Waals surface area contributed by atoms with Crippen LogP contribution in [0.25, 0.3) is 10.9 Å². The number of amides is 1. The minimum absolute atomic E-state index is 0.187. The zero-order valence-electron chi connectivity index (χ0n) is 13.1. The van der Waals surface area contributed by atoms with Gasteiger partial charge in [0.2, 0.25) is 0 Å². The monoisotopic (exact) mass is 300 g/mol. The van der Waals surface area contributed by atoms with Crippen molar-refractivity contribution < 1.29 is 4.79 Å². The summed E-state index contributed by atoms with van der Waals surface area (Å²) in [6, 6.07) is 15.1. The Hall–Kier alpha value is -3.12. The first-order valence-electron chi connectivity index (χ1n) is 7.33. The molecule has 1 amide bonds. The van der Waals surface area contributed by atoms with Crippen LogP contribution in [0.1, 0.15) is 27.2 Å². The number of hydrogen-bond acceptors (Lipinski definition) is 2. The van der Waals surface area contributed by atoms with Crippen LogP contribution in [0.2, 0.25) is 0 Å². The Morgan fingerprint density at radius 1 is 1.13 bits per heavy atom. The standard InChI is InChI=1S/C20H16N2O/c1-4-15-6-5-7-17(11-15)22-20(23)18-12-16-10-13(2)8-9-19(16)21-14(18)3/h1,5-12H,2-3H3,(H,22,23). The van der Waals surface area contributed by atoms with Crippen molar-refractivity contribution in [2.24, 2.45) is 0 Å². The summed E-state index contributed by atoms with van der Waals surface area (Å²) < 4.78 is 0. The third-order valence-corrected chi connectivity index (χ3v) is 3.69. The molecule has 0 spiro atoms. The summed E-state index contributed by atoms with van der Waals surface area (Å²) in [4.78, 5) is 17.1. The number of rotatable bonds is 2. The molecule has 3 rings (SSSR count). The quantitative estimate of drug-likeness (QED) is 0.724. The summed E-state index contributed by atoms with van der Waals surface area (Å²) in [5.74, 6) is 2.37. The third-order valence-electron chi connectivity index (χ3n) is 3.69. The molecule has 23 heavy (non-hydrogen) atoms. The minimum atomic E-state index is -0.187. The molecule has 1 aromatic heterocycles. The summed E-state index contributed by atoms with van der Waals surface area (Å²) in [7, 11) is 0. The van der Waals surface area contributed by atoms with E-state index in [0.717, 1.165) is 22.0 Å². The van der Waals surface area contributed by atoms with E-state index in [1.54, 1.807) is 6.07 Å². The van der Waals surface area contributed by atoms with Crippen molar-refractivity contribution in [3.05, 3.63) is 70.9 Å². The molecule has 0 fully saturated rings. The molecule has 0 aliphatic rings. The van der Waals surface area contributed by atoms with Crippen LogP contribution in [-0.2, 0) is 0 Å². The second-order valence-corrected chi connectivity index (χ2v) is 5.50. The Kier molecular flexibility index (Phi) is 3.82. The zero-order chi connectivity index (χ0) is 16.4. The molecule has 0 bridgehead atoms. The molecule has 1 N–H and O–H groups in total. The first-order valence-corrected chi connectivity index (χ1v) is 7.33. The maximum atomic E-state index is 12.6. The van der Waals surface area contributed by atoms with E-state index in [0.29, 0.717) is 16.9 Å². The van der Waals surface area contributed by atoms with Crippen LogP contribution >= 0.6 is 0 Å². The van der Waals surface area contributed by atoms with Crippen molar-refractivity contribution in [3.63, 3.8) is 0 Å². The number of nitrogens with zero attached hydrogens (tertiary/aromatic N) is 1. The Balaban J connectivity index is 1.97. The molecule has 0 radical (unpaired) electrons. The number of pyridine rings is 1. The van der Waals surface area contributed by atoms with Gasteiger partial charge >= 0.3 is 0 Å². The Morgan fingerprint density at radius 3 is 2.74 bits per heavy atom. The lowest BCUT2D eigenvalue weighted by Gasteiger charge is -2.09. The van der Waals surface area contributed by atoms with E-state index in [9.17, 15) is 4.79 Å². The lowest BCUT2D eigenvalue weighted by Crippen LogP contribution is -2.14. The van der Waals surface area contributed by atoms with Crippen molar-refractivity contribution in [2.45, 2.75) is 13.8 Å². The number of carbonyl (C=O) groups excluding carboxylic acids is 1. The number of benzene rings is 2. The zero-order valence-corrected chi connectivity index (χ0v) is 13.1. The van der Waals surface area contributed by atoms with E-state index in [4.69, 9.17) is 6.42 Å². The van der Waals surface area contributed by atoms with Gasteiger partial charge in [0.1, 0.15) is 0 Å². The SMILES string of the molecule is C#Cc1cccc(NC(=O)c2cc3cc(C)ccc3nc2C)c1. The summed E-state index contributed by atoms with van der Waals surface area (Å²) >= 11 is 0. The number of aryl methyl sites for hydroxylation is 2. The minimum Gasteiger partial charge on any atom is -0.322 e. The number of nitrogens with one attached hydrogen (secondary N) is 1.